The maximum Gasteiger partial charge on any atom is 0.220 e. The van der Waals surface area contributed by atoms with Crippen molar-refractivity contribution in [3.05, 3.63) is 103 Å². The lowest BCUT2D eigenvalue weighted by Crippen LogP contribution is -2.36. The van der Waals surface area contributed by atoms with Crippen molar-refractivity contribution >= 4 is 11.6 Å². The highest BCUT2D eigenvalue weighted by Crippen LogP contribution is 2.16. The van der Waals surface area contributed by atoms with Gasteiger partial charge in [0, 0.05) is 31.7 Å². The van der Waals surface area contributed by atoms with Crippen LogP contribution in [0.1, 0.15) is 63.9 Å². The zero-order valence-electron chi connectivity index (χ0n) is 22.7. The molecule has 1 amide bonds. The van der Waals surface area contributed by atoms with E-state index in [1.165, 1.54) is 5.69 Å². The van der Waals surface area contributed by atoms with Crippen LogP contribution in [-0.2, 0) is 16.1 Å². The Morgan fingerprint density at radius 2 is 1.24 bits per heavy atom. The molecular formula is C33H46N2O2. The van der Waals surface area contributed by atoms with Crippen molar-refractivity contribution in [1.29, 1.82) is 0 Å². The summed E-state index contributed by atoms with van der Waals surface area (Å²) in [4.78, 5) is 14.4. The van der Waals surface area contributed by atoms with Gasteiger partial charge in [0.2, 0.25) is 5.91 Å². The monoisotopic (exact) mass is 502 g/mol. The number of morpholine rings is 1. The zero-order chi connectivity index (χ0) is 26.2. The van der Waals surface area contributed by atoms with E-state index >= 15 is 0 Å². The number of hydrogen-bond acceptors (Lipinski definition) is 3. The van der Waals surface area contributed by atoms with E-state index in [0.29, 0.717) is 13.0 Å². The van der Waals surface area contributed by atoms with Crippen LogP contribution in [0.25, 0.3) is 0 Å². The molecule has 0 aromatic heterocycles. The SMILES string of the molecule is CC/C=C\C/C=C\C/C=C\C/C=C\C/C=C\C/C=C\CCC(=O)NCc1ccc(N2CCOCC2)cc1. The minimum Gasteiger partial charge on any atom is -0.378 e. The maximum absolute atomic E-state index is 12.1. The average Bonchev–Trinajstić information content (AvgIpc) is 2.94. The lowest BCUT2D eigenvalue weighted by atomic mass is 10.2. The molecule has 4 nitrogen and oxygen atoms in total. The Kier molecular flexibility index (Phi) is 17.1. The van der Waals surface area contributed by atoms with Gasteiger partial charge in [0.15, 0.2) is 0 Å². The summed E-state index contributed by atoms with van der Waals surface area (Å²) in [5, 5.41) is 3.02. The normalized spacial score (nSPS) is 15.0. The van der Waals surface area contributed by atoms with Gasteiger partial charge >= 0.3 is 0 Å². The summed E-state index contributed by atoms with van der Waals surface area (Å²) in [6.45, 7) is 6.17. The summed E-state index contributed by atoms with van der Waals surface area (Å²) in [5.74, 6) is 0.0942. The van der Waals surface area contributed by atoms with Crippen LogP contribution in [0.4, 0.5) is 5.69 Å². The fourth-order valence-corrected chi connectivity index (χ4v) is 3.79. The predicted octanol–water partition coefficient (Wildman–Crippen LogP) is 7.62. The third-order valence-corrected chi connectivity index (χ3v) is 5.94. The Hall–Kier alpha value is -3.11. The van der Waals surface area contributed by atoms with Crippen LogP contribution in [0.5, 0.6) is 0 Å². The molecule has 0 bridgehead atoms. The van der Waals surface area contributed by atoms with Crippen molar-refractivity contribution in [2.75, 3.05) is 31.2 Å². The third-order valence-electron chi connectivity index (χ3n) is 5.94. The van der Waals surface area contributed by atoms with Crippen molar-refractivity contribution in [1.82, 2.24) is 5.32 Å². The average molecular weight is 503 g/mol. The Morgan fingerprint density at radius 3 is 1.76 bits per heavy atom. The summed E-state index contributed by atoms with van der Waals surface area (Å²) in [6, 6.07) is 8.45. The largest absolute Gasteiger partial charge is 0.378 e. The first kappa shape index (κ1) is 30.1. The lowest BCUT2D eigenvalue weighted by molar-refractivity contribution is -0.121. The van der Waals surface area contributed by atoms with Gasteiger partial charge < -0.3 is 15.0 Å². The first-order valence-corrected chi connectivity index (χ1v) is 13.9. The minimum absolute atomic E-state index is 0.0942. The van der Waals surface area contributed by atoms with Gasteiger partial charge in [0.25, 0.3) is 0 Å². The summed E-state index contributed by atoms with van der Waals surface area (Å²) < 4.78 is 5.41. The molecule has 1 heterocycles. The topological polar surface area (TPSA) is 41.6 Å². The third kappa shape index (κ3) is 15.6. The highest BCUT2D eigenvalue weighted by molar-refractivity contribution is 5.76. The predicted molar refractivity (Wildman–Crippen MR) is 159 cm³/mol. The number of carbonyl (C=O) groups excluding carboxylic acids is 1. The maximum atomic E-state index is 12.1. The standard InChI is InChI=1S/C33H46N2O2/c1-2-3-4-5-6-7-8-9-10-11-12-13-14-15-16-17-18-19-20-21-33(36)34-30-31-22-24-32(25-23-31)35-26-28-37-29-27-35/h3-4,6-7,9-10,12-13,15-16,18-19,22-25H,2,5,8,11,14,17,20-21,26-30H2,1H3,(H,34,36)/b4-3-,7-6-,10-9-,13-12-,16-15-,19-18-. The van der Waals surface area contributed by atoms with Gasteiger partial charge in [0.05, 0.1) is 13.2 Å². The summed E-state index contributed by atoms with van der Waals surface area (Å²) in [5.41, 5.74) is 2.34. The highest BCUT2D eigenvalue weighted by atomic mass is 16.5. The van der Waals surface area contributed by atoms with E-state index in [1.807, 2.05) is 0 Å². The van der Waals surface area contributed by atoms with Gasteiger partial charge in [-0.05, 0) is 62.6 Å². The van der Waals surface area contributed by atoms with Crippen molar-refractivity contribution in [2.24, 2.45) is 0 Å². The number of rotatable bonds is 17. The fraction of sp³-hybridized carbons (Fsp3) is 0.424. The molecule has 1 saturated heterocycles. The molecule has 1 aromatic carbocycles. The van der Waals surface area contributed by atoms with Crippen LogP contribution in [-0.4, -0.2) is 32.2 Å². The molecule has 2 rings (SSSR count). The van der Waals surface area contributed by atoms with Gasteiger partial charge in [-0.15, -0.1) is 0 Å². The van der Waals surface area contributed by atoms with Gasteiger partial charge in [-0.2, -0.15) is 0 Å². The number of anilines is 1. The van der Waals surface area contributed by atoms with Gasteiger partial charge in [-0.3, -0.25) is 4.79 Å². The first-order chi connectivity index (χ1) is 18.3. The number of nitrogens with one attached hydrogen (secondary N) is 1. The number of benzene rings is 1. The Balaban J connectivity index is 1.45. The van der Waals surface area contributed by atoms with Gasteiger partial charge in [0.1, 0.15) is 0 Å². The second-order valence-electron chi connectivity index (χ2n) is 9.00. The van der Waals surface area contributed by atoms with E-state index in [0.717, 1.165) is 76.8 Å². The molecule has 1 aromatic rings. The molecule has 1 aliphatic heterocycles. The van der Waals surface area contributed by atoms with E-state index in [9.17, 15) is 4.79 Å². The van der Waals surface area contributed by atoms with Crippen LogP contribution in [0.2, 0.25) is 0 Å². The van der Waals surface area contributed by atoms with Gasteiger partial charge in [-0.1, -0.05) is 92.0 Å². The van der Waals surface area contributed by atoms with Crippen molar-refractivity contribution in [3.8, 4) is 0 Å². The molecule has 200 valence electrons. The lowest BCUT2D eigenvalue weighted by Gasteiger charge is -2.28. The molecule has 0 saturated carbocycles. The molecule has 1 N–H and O–H groups in total. The molecule has 37 heavy (non-hydrogen) atoms. The number of nitrogens with zero attached hydrogens (tertiary/aromatic N) is 1. The van der Waals surface area contributed by atoms with Crippen LogP contribution in [0.3, 0.4) is 0 Å². The Morgan fingerprint density at radius 1 is 0.757 bits per heavy atom. The highest BCUT2D eigenvalue weighted by Gasteiger charge is 2.10. The smallest absolute Gasteiger partial charge is 0.220 e. The van der Waals surface area contributed by atoms with E-state index in [1.54, 1.807) is 0 Å². The molecule has 4 heteroatoms. The summed E-state index contributed by atoms with van der Waals surface area (Å²) in [6.07, 6.45) is 33.6. The first-order valence-electron chi connectivity index (χ1n) is 13.9. The molecule has 0 aliphatic carbocycles. The van der Waals surface area contributed by atoms with E-state index < -0.39 is 0 Å². The fourth-order valence-electron chi connectivity index (χ4n) is 3.79. The molecule has 0 unspecified atom stereocenters. The summed E-state index contributed by atoms with van der Waals surface area (Å²) >= 11 is 0. The van der Waals surface area contributed by atoms with Crippen molar-refractivity contribution in [2.45, 2.75) is 64.8 Å². The number of ether oxygens (including phenoxy) is 1. The molecule has 1 aliphatic rings. The van der Waals surface area contributed by atoms with E-state index in [4.69, 9.17) is 4.74 Å². The Bertz CT molecular complexity index is 901. The van der Waals surface area contributed by atoms with Crippen LogP contribution < -0.4 is 10.2 Å². The quantitative estimate of drug-likeness (QED) is 0.223. The number of allylic oxidation sites excluding steroid dienone is 12. The second-order valence-corrected chi connectivity index (χ2v) is 9.00. The minimum atomic E-state index is 0.0942. The number of amides is 1. The number of carbonyl (C=O) groups is 1. The molecular weight excluding hydrogens is 456 g/mol. The van der Waals surface area contributed by atoms with E-state index in [-0.39, 0.29) is 5.91 Å². The second kappa shape index (κ2) is 21.0. The molecule has 0 atom stereocenters. The van der Waals surface area contributed by atoms with Crippen LogP contribution >= 0.6 is 0 Å². The van der Waals surface area contributed by atoms with Crippen molar-refractivity contribution in [3.63, 3.8) is 0 Å². The van der Waals surface area contributed by atoms with Crippen molar-refractivity contribution < 1.29 is 9.53 Å². The number of hydrogen-bond donors (Lipinski definition) is 1. The van der Waals surface area contributed by atoms with E-state index in [2.05, 4.69) is 114 Å². The van der Waals surface area contributed by atoms with Crippen LogP contribution in [0, 0.1) is 0 Å². The molecule has 0 radical (unpaired) electrons. The van der Waals surface area contributed by atoms with Gasteiger partial charge in [-0.25, -0.2) is 0 Å². The van der Waals surface area contributed by atoms with Crippen LogP contribution in [0.15, 0.2) is 97.2 Å². The Labute approximate surface area is 225 Å². The summed E-state index contributed by atoms with van der Waals surface area (Å²) in [7, 11) is 0. The zero-order valence-corrected chi connectivity index (χ0v) is 22.7. The molecule has 0 spiro atoms. The molecule has 1 fully saturated rings.